The number of hydrogen-bond donors (Lipinski definition) is 0. The minimum atomic E-state index is -0.922. The van der Waals surface area contributed by atoms with Crippen molar-refractivity contribution in [2.24, 2.45) is 0 Å². The van der Waals surface area contributed by atoms with Crippen LogP contribution < -0.4 is 14.5 Å². The van der Waals surface area contributed by atoms with Crippen molar-refractivity contribution in [1.82, 2.24) is 19.8 Å². The Labute approximate surface area is 239 Å². The molecule has 3 aromatic rings. The summed E-state index contributed by atoms with van der Waals surface area (Å²) in [7, 11) is 2.13. The van der Waals surface area contributed by atoms with Crippen LogP contribution >= 0.6 is 11.6 Å². The average Bonchev–Trinajstić information content (AvgIpc) is 3.39. The number of carbonyl (C=O) groups is 1. The van der Waals surface area contributed by atoms with Gasteiger partial charge in [-0.25, -0.2) is 4.39 Å². The molecule has 6 rings (SSSR count). The number of benzene rings is 2. The van der Waals surface area contributed by atoms with Gasteiger partial charge in [0.2, 0.25) is 0 Å². The fraction of sp³-hybridized carbons (Fsp3) is 0.433. The highest BCUT2D eigenvalue weighted by molar-refractivity contribution is 6.36. The SMILES string of the molecule is C=C(F)C(=O)N1CCN(c2nc(OCC3CCCN3C)nc3c2CCN(c2cccc4cccc(Cl)c24)C3)CC1. The van der Waals surface area contributed by atoms with Gasteiger partial charge >= 0.3 is 6.01 Å². The number of anilines is 2. The Kier molecular flexibility index (Phi) is 7.51. The average molecular weight is 565 g/mol. The zero-order valence-electron chi connectivity index (χ0n) is 22.8. The molecule has 8 nitrogen and oxygen atoms in total. The van der Waals surface area contributed by atoms with Gasteiger partial charge in [-0.15, -0.1) is 0 Å². The van der Waals surface area contributed by atoms with Crippen molar-refractivity contribution in [1.29, 1.82) is 0 Å². The lowest BCUT2D eigenvalue weighted by Crippen LogP contribution is -2.49. The van der Waals surface area contributed by atoms with Gasteiger partial charge in [-0.2, -0.15) is 9.97 Å². The molecule has 0 spiro atoms. The Balaban J connectivity index is 1.30. The zero-order valence-corrected chi connectivity index (χ0v) is 23.5. The van der Waals surface area contributed by atoms with Gasteiger partial charge in [-0.05, 0) is 50.4 Å². The van der Waals surface area contributed by atoms with Crippen LogP contribution in [-0.4, -0.2) is 84.6 Å². The lowest BCUT2D eigenvalue weighted by molar-refractivity contribution is -0.128. The molecule has 2 saturated heterocycles. The second kappa shape index (κ2) is 11.2. The van der Waals surface area contributed by atoms with Crippen LogP contribution in [0, 0.1) is 0 Å². The van der Waals surface area contributed by atoms with Crippen LogP contribution in [0.15, 0.2) is 48.8 Å². The van der Waals surface area contributed by atoms with Crippen molar-refractivity contribution in [2.75, 3.05) is 62.7 Å². The van der Waals surface area contributed by atoms with Crippen LogP contribution in [0.25, 0.3) is 10.8 Å². The monoisotopic (exact) mass is 564 g/mol. The quantitative estimate of drug-likeness (QED) is 0.410. The molecular formula is C30H34ClFN6O2. The van der Waals surface area contributed by atoms with Gasteiger partial charge in [0.25, 0.3) is 5.91 Å². The van der Waals surface area contributed by atoms with Gasteiger partial charge in [0.1, 0.15) is 12.4 Å². The third-order valence-electron chi connectivity index (χ3n) is 8.37. The first-order valence-electron chi connectivity index (χ1n) is 13.9. The molecule has 0 aliphatic carbocycles. The first-order valence-corrected chi connectivity index (χ1v) is 14.3. The smallest absolute Gasteiger partial charge is 0.318 e. The predicted molar refractivity (Wildman–Crippen MR) is 156 cm³/mol. The number of aromatic nitrogens is 2. The number of rotatable bonds is 6. The summed E-state index contributed by atoms with van der Waals surface area (Å²) in [6.45, 7) is 8.09. The Morgan fingerprint density at radius 1 is 1.07 bits per heavy atom. The molecule has 3 aliphatic rings. The molecule has 3 aliphatic heterocycles. The van der Waals surface area contributed by atoms with Crippen LogP contribution in [0.2, 0.25) is 5.02 Å². The van der Waals surface area contributed by atoms with Crippen molar-refractivity contribution >= 4 is 39.8 Å². The van der Waals surface area contributed by atoms with E-state index in [1.54, 1.807) is 0 Å². The molecule has 2 fully saturated rings. The Morgan fingerprint density at radius 2 is 1.85 bits per heavy atom. The van der Waals surface area contributed by atoms with E-state index >= 15 is 0 Å². The van der Waals surface area contributed by atoms with Crippen LogP contribution in [0.3, 0.4) is 0 Å². The summed E-state index contributed by atoms with van der Waals surface area (Å²) in [4.78, 5) is 30.3. The molecule has 1 unspecified atom stereocenters. The lowest BCUT2D eigenvalue weighted by atomic mass is 10.0. The van der Waals surface area contributed by atoms with Crippen LogP contribution in [-0.2, 0) is 17.8 Å². The topological polar surface area (TPSA) is 65.0 Å². The number of hydrogen-bond acceptors (Lipinski definition) is 7. The zero-order chi connectivity index (χ0) is 27.8. The van der Waals surface area contributed by atoms with Gasteiger partial charge in [-0.1, -0.05) is 42.4 Å². The first-order chi connectivity index (χ1) is 19.4. The summed E-state index contributed by atoms with van der Waals surface area (Å²) < 4.78 is 19.7. The van der Waals surface area contributed by atoms with E-state index in [1.807, 2.05) is 12.1 Å². The molecule has 1 atom stereocenters. The van der Waals surface area contributed by atoms with E-state index in [4.69, 9.17) is 26.3 Å². The minimum Gasteiger partial charge on any atom is -0.462 e. The van der Waals surface area contributed by atoms with Gasteiger partial charge in [-0.3, -0.25) is 4.79 Å². The summed E-state index contributed by atoms with van der Waals surface area (Å²) in [5, 5.41) is 2.88. The fourth-order valence-electron chi connectivity index (χ4n) is 6.11. The van der Waals surface area contributed by atoms with E-state index in [0.29, 0.717) is 51.4 Å². The molecule has 0 saturated carbocycles. The van der Waals surface area contributed by atoms with E-state index < -0.39 is 11.7 Å². The van der Waals surface area contributed by atoms with Crippen LogP contribution in [0.1, 0.15) is 24.1 Å². The predicted octanol–water partition coefficient (Wildman–Crippen LogP) is 4.45. The van der Waals surface area contributed by atoms with Crippen molar-refractivity contribution in [3.8, 4) is 6.01 Å². The molecule has 0 radical (unpaired) electrons. The van der Waals surface area contributed by atoms with Crippen molar-refractivity contribution in [3.05, 3.63) is 65.1 Å². The third-order valence-corrected chi connectivity index (χ3v) is 8.69. The van der Waals surface area contributed by atoms with Gasteiger partial charge in [0.05, 0.1) is 17.3 Å². The number of likely N-dealkylation sites (tertiary alicyclic amines) is 1. The van der Waals surface area contributed by atoms with Crippen molar-refractivity contribution in [2.45, 2.75) is 31.8 Å². The number of halogens is 2. The Bertz CT molecular complexity index is 1440. The maximum atomic E-state index is 13.5. The second-order valence-corrected chi connectivity index (χ2v) is 11.2. The highest BCUT2D eigenvalue weighted by Gasteiger charge is 2.30. The number of carbonyl (C=O) groups excluding carboxylic acids is 1. The largest absolute Gasteiger partial charge is 0.462 e. The molecule has 0 N–H and O–H groups in total. The summed E-state index contributed by atoms with van der Waals surface area (Å²) in [5.41, 5.74) is 3.12. The number of amides is 1. The Morgan fingerprint density at radius 3 is 2.58 bits per heavy atom. The highest BCUT2D eigenvalue weighted by atomic mass is 35.5. The molecule has 210 valence electrons. The third kappa shape index (κ3) is 5.20. The number of ether oxygens (including phenoxy) is 1. The minimum absolute atomic E-state index is 0.348. The second-order valence-electron chi connectivity index (χ2n) is 10.8. The summed E-state index contributed by atoms with van der Waals surface area (Å²) in [6.07, 6.45) is 3.02. The maximum absolute atomic E-state index is 13.5. The summed E-state index contributed by atoms with van der Waals surface area (Å²) in [5.74, 6) is -0.714. The van der Waals surface area contributed by atoms with Gasteiger partial charge < -0.3 is 24.3 Å². The number of nitrogens with zero attached hydrogens (tertiary/aromatic N) is 6. The number of fused-ring (bicyclic) bond motifs is 2. The lowest BCUT2D eigenvalue weighted by Gasteiger charge is -2.38. The summed E-state index contributed by atoms with van der Waals surface area (Å²) >= 11 is 6.66. The van der Waals surface area contributed by atoms with Crippen molar-refractivity contribution < 1.29 is 13.9 Å². The fourth-order valence-corrected chi connectivity index (χ4v) is 6.39. The molecule has 10 heteroatoms. The van der Waals surface area contributed by atoms with E-state index in [9.17, 15) is 9.18 Å². The van der Waals surface area contributed by atoms with E-state index in [0.717, 1.165) is 70.9 Å². The van der Waals surface area contributed by atoms with Gasteiger partial charge in [0.15, 0.2) is 5.83 Å². The van der Waals surface area contributed by atoms with E-state index in [2.05, 4.69) is 52.6 Å². The maximum Gasteiger partial charge on any atom is 0.318 e. The number of likely N-dealkylation sites (N-methyl/N-ethyl adjacent to an activating group) is 1. The van der Waals surface area contributed by atoms with Crippen LogP contribution in [0.4, 0.5) is 15.9 Å². The van der Waals surface area contributed by atoms with Crippen LogP contribution in [0.5, 0.6) is 6.01 Å². The molecular weight excluding hydrogens is 531 g/mol. The molecule has 4 heterocycles. The highest BCUT2D eigenvalue weighted by Crippen LogP contribution is 2.37. The standard InChI is InChI=1S/C30H34ClFN6O2/c1-20(32)29(39)37-16-14-36(15-17-37)28-23-11-13-38(26-10-4-7-21-6-3-9-24(31)27(21)26)18-25(23)33-30(34-28)40-19-22-8-5-12-35(22)2/h3-4,6-7,9-10,22H,1,5,8,11-19H2,2H3. The van der Waals surface area contributed by atoms with E-state index in [-0.39, 0.29) is 0 Å². The molecule has 0 bridgehead atoms. The molecule has 2 aromatic carbocycles. The number of piperazine rings is 1. The molecule has 40 heavy (non-hydrogen) atoms. The normalized spacial score (nSPS) is 19.7. The molecule has 1 aromatic heterocycles. The Hall–Kier alpha value is -3.43. The first kappa shape index (κ1) is 26.8. The van der Waals surface area contributed by atoms with E-state index in [1.165, 1.54) is 4.90 Å². The van der Waals surface area contributed by atoms with Gasteiger partial charge in [0, 0.05) is 55.4 Å². The molecule has 1 amide bonds. The van der Waals surface area contributed by atoms with Crippen molar-refractivity contribution in [3.63, 3.8) is 0 Å². The summed E-state index contributed by atoms with van der Waals surface area (Å²) in [6, 6.07) is 13.0.